The van der Waals surface area contributed by atoms with E-state index in [2.05, 4.69) is 35.5 Å². The van der Waals surface area contributed by atoms with Crippen LogP contribution in [-0.4, -0.2) is 73.0 Å². The number of ether oxygens (including phenoxy) is 1. The number of hydrogen-bond donors (Lipinski definition) is 5. The van der Waals surface area contributed by atoms with E-state index < -0.39 is 30.1 Å². The summed E-state index contributed by atoms with van der Waals surface area (Å²) in [5, 5.41) is 34.4. The summed E-state index contributed by atoms with van der Waals surface area (Å²) in [5.74, 6) is -0.109. The lowest BCUT2D eigenvalue weighted by molar-refractivity contribution is -0.213. The molecule has 4 saturated carbocycles. The van der Waals surface area contributed by atoms with Crippen LogP contribution in [0.2, 0.25) is 0 Å². The molecule has 0 aromatic carbocycles. The third-order valence-corrected chi connectivity index (χ3v) is 7.98. The van der Waals surface area contributed by atoms with Crippen LogP contribution in [-0.2, 0) is 9.53 Å². The Hall–Kier alpha value is -3.13. The Balaban J connectivity index is 1.28. The minimum atomic E-state index is -5.19. The highest BCUT2D eigenvalue weighted by molar-refractivity contribution is 5.76. The molecule has 3 heterocycles. The minimum absolute atomic E-state index is 0.0494. The van der Waals surface area contributed by atoms with Crippen molar-refractivity contribution in [3.8, 4) is 0 Å². The van der Waals surface area contributed by atoms with Crippen molar-refractivity contribution in [2.45, 2.75) is 69.2 Å². The summed E-state index contributed by atoms with van der Waals surface area (Å²) in [6.07, 6.45) is -3.71. The first-order valence-corrected chi connectivity index (χ1v) is 12.4. The van der Waals surface area contributed by atoms with E-state index in [1.807, 2.05) is 6.92 Å². The van der Waals surface area contributed by atoms with Gasteiger partial charge in [0.15, 0.2) is 5.82 Å². The molecule has 200 valence electrons. The van der Waals surface area contributed by atoms with E-state index in [1.54, 1.807) is 6.07 Å². The number of nitrogens with zero attached hydrogens (tertiary/aromatic N) is 4. The molecule has 1 aliphatic heterocycles. The van der Waals surface area contributed by atoms with Crippen LogP contribution in [0.25, 0.3) is 0 Å². The van der Waals surface area contributed by atoms with Crippen LogP contribution in [0.4, 0.5) is 36.6 Å². The Kier molecular flexibility index (Phi) is 5.53. The topological polar surface area (TPSA) is 149 Å². The number of carbonyl (C=O) groups excluding carboxylic acids is 1. The summed E-state index contributed by atoms with van der Waals surface area (Å²) < 4.78 is 42.9. The van der Waals surface area contributed by atoms with Gasteiger partial charge in [0.2, 0.25) is 12.2 Å². The Morgan fingerprint density at radius 1 is 1.19 bits per heavy atom. The maximum absolute atomic E-state index is 12.8. The molecule has 2 aromatic heterocycles. The van der Waals surface area contributed by atoms with Crippen molar-refractivity contribution in [3.05, 3.63) is 17.8 Å². The first-order valence-electron chi connectivity index (χ1n) is 12.4. The SMILES string of the molecule is Cc1cc(Nc2cc(N3CC(O)C3OC(=O)C(F)(F)F)nc(NC3C4CC5CC3CC(O)(C5)C4)n2)n[nH]1. The Morgan fingerprint density at radius 3 is 2.51 bits per heavy atom. The number of rotatable bonds is 6. The summed E-state index contributed by atoms with van der Waals surface area (Å²) in [5.41, 5.74) is 0.206. The van der Waals surface area contributed by atoms with Gasteiger partial charge in [-0.2, -0.15) is 28.2 Å². The largest absolute Gasteiger partial charge is 0.491 e. The fourth-order valence-corrected chi connectivity index (χ4v) is 6.70. The average molecular weight is 524 g/mol. The maximum Gasteiger partial charge on any atom is 0.491 e. The van der Waals surface area contributed by atoms with Crippen molar-refractivity contribution in [1.29, 1.82) is 0 Å². The van der Waals surface area contributed by atoms with Gasteiger partial charge in [0, 0.05) is 23.9 Å². The number of aliphatic hydroxyl groups excluding tert-OH is 1. The van der Waals surface area contributed by atoms with E-state index in [1.165, 1.54) is 11.0 Å². The van der Waals surface area contributed by atoms with E-state index >= 15 is 0 Å². The zero-order chi connectivity index (χ0) is 26.1. The second-order valence-corrected chi connectivity index (χ2v) is 10.9. The van der Waals surface area contributed by atoms with Crippen molar-refractivity contribution in [2.24, 2.45) is 17.8 Å². The van der Waals surface area contributed by atoms with E-state index in [4.69, 9.17) is 0 Å². The smallest absolute Gasteiger partial charge is 0.432 e. The lowest BCUT2D eigenvalue weighted by Crippen LogP contribution is -2.63. The van der Waals surface area contributed by atoms with Gasteiger partial charge in [0.25, 0.3) is 0 Å². The predicted molar refractivity (Wildman–Crippen MR) is 124 cm³/mol. The molecule has 0 radical (unpaired) electrons. The molecule has 4 atom stereocenters. The predicted octanol–water partition coefficient (Wildman–Crippen LogP) is 2.22. The van der Waals surface area contributed by atoms with Crippen LogP contribution < -0.4 is 15.5 Å². The Morgan fingerprint density at radius 2 is 1.92 bits per heavy atom. The van der Waals surface area contributed by atoms with Gasteiger partial charge in [-0.3, -0.25) is 5.10 Å². The molecule has 5 fully saturated rings. The fraction of sp³-hybridized carbons (Fsp3) is 0.652. The van der Waals surface area contributed by atoms with Gasteiger partial charge in [-0.25, -0.2) is 4.79 Å². The minimum Gasteiger partial charge on any atom is -0.432 e. The highest BCUT2D eigenvalue weighted by Crippen LogP contribution is 2.56. The van der Waals surface area contributed by atoms with E-state index in [-0.39, 0.29) is 36.2 Å². The molecule has 0 amide bonds. The zero-order valence-electron chi connectivity index (χ0n) is 20.0. The number of aliphatic hydroxyl groups is 2. The van der Waals surface area contributed by atoms with Crippen LogP contribution in [0.1, 0.15) is 37.8 Å². The van der Waals surface area contributed by atoms with Gasteiger partial charge in [-0.15, -0.1) is 0 Å². The molecule has 14 heteroatoms. The lowest BCUT2D eigenvalue weighted by Gasteiger charge is -2.58. The van der Waals surface area contributed by atoms with Crippen LogP contribution in [0.5, 0.6) is 0 Å². The maximum atomic E-state index is 12.8. The van der Waals surface area contributed by atoms with Gasteiger partial charge < -0.3 is 30.5 Å². The highest BCUT2D eigenvalue weighted by atomic mass is 19.4. The molecular weight excluding hydrogens is 495 g/mol. The van der Waals surface area contributed by atoms with Crippen LogP contribution in [0.15, 0.2) is 12.1 Å². The Labute approximate surface area is 209 Å². The average Bonchev–Trinajstić information content (AvgIpc) is 3.20. The molecule has 7 rings (SSSR count). The second kappa shape index (κ2) is 8.45. The molecule has 5 aliphatic rings. The molecule has 2 aromatic rings. The highest BCUT2D eigenvalue weighted by Gasteiger charge is 2.55. The molecule has 1 saturated heterocycles. The van der Waals surface area contributed by atoms with Crippen LogP contribution in [0.3, 0.4) is 0 Å². The number of esters is 1. The van der Waals surface area contributed by atoms with Crippen LogP contribution >= 0.6 is 0 Å². The van der Waals surface area contributed by atoms with Crippen molar-refractivity contribution in [3.63, 3.8) is 0 Å². The van der Waals surface area contributed by atoms with Gasteiger partial charge in [0.1, 0.15) is 17.7 Å². The molecule has 11 nitrogen and oxygen atoms in total. The standard InChI is InChI=1S/C23H28F3N7O4/c1-10-2-16(32-31-10)27-15-5-17(33-9-14(34)19(33)37-20(35)23(24,25)26)29-21(28-15)30-18-12-3-11-4-13(18)8-22(36,6-11)7-12/h2,5,11-14,18-19,34,36H,3-4,6-9H2,1H3,(H3,27,28,29,30,31,32). The van der Waals surface area contributed by atoms with Crippen molar-refractivity contribution in [2.75, 3.05) is 22.1 Å². The zero-order valence-corrected chi connectivity index (χ0v) is 20.0. The molecule has 4 bridgehead atoms. The van der Waals surface area contributed by atoms with Crippen LogP contribution in [0, 0.1) is 24.7 Å². The number of anilines is 4. The molecule has 0 spiro atoms. The third kappa shape index (κ3) is 4.56. The quantitative estimate of drug-likeness (QED) is 0.357. The summed E-state index contributed by atoms with van der Waals surface area (Å²) in [6.45, 7) is 1.76. The Bertz CT molecular complexity index is 1190. The molecule has 5 N–H and O–H groups in total. The number of aromatic nitrogens is 4. The van der Waals surface area contributed by atoms with E-state index in [9.17, 15) is 28.2 Å². The summed E-state index contributed by atoms with van der Waals surface area (Å²) in [7, 11) is 0. The van der Waals surface area contributed by atoms with Crippen molar-refractivity contribution >= 4 is 29.4 Å². The van der Waals surface area contributed by atoms with Gasteiger partial charge in [-0.1, -0.05) is 0 Å². The number of aryl methyl sites for hydroxylation is 1. The number of carbonyl (C=O) groups is 1. The van der Waals surface area contributed by atoms with Gasteiger partial charge in [0.05, 0.1) is 12.1 Å². The van der Waals surface area contributed by atoms with Gasteiger partial charge >= 0.3 is 12.1 Å². The van der Waals surface area contributed by atoms with Gasteiger partial charge in [-0.05, 0) is 56.8 Å². The summed E-state index contributed by atoms with van der Waals surface area (Å²) in [4.78, 5) is 21.8. The summed E-state index contributed by atoms with van der Waals surface area (Å²) in [6, 6.07) is 3.30. The molecule has 37 heavy (non-hydrogen) atoms. The molecular formula is C23H28F3N7O4. The van der Waals surface area contributed by atoms with E-state index in [0.29, 0.717) is 30.4 Å². The molecule has 4 unspecified atom stereocenters. The normalized spacial score (nSPS) is 34.3. The van der Waals surface area contributed by atoms with Crippen molar-refractivity contribution in [1.82, 2.24) is 20.2 Å². The first kappa shape index (κ1) is 24.2. The monoisotopic (exact) mass is 523 g/mol. The summed E-state index contributed by atoms with van der Waals surface area (Å²) >= 11 is 0. The second-order valence-electron chi connectivity index (χ2n) is 10.9. The number of β-amino-alcohol motifs (C(OH)–C–C–N with tert-alkyl or cyclic N) is 1. The number of nitrogens with one attached hydrogen (secondary N) is 3. The fourth-order valence-electron chi connectivity index (χ4n) is 6.70. The van der Waals surface area contributed by atoms with Crippen molar-refractivity contribution < 1.29 is 32.9 Å². The first-order chi connectivity index (χ1) is 17.5. The van der Waals surface area contributed by atoms with E-state index in [0.717, 1.165) is 25.0 Å². The number of H-pyrrole nitrogens is 1. The number of halogens is 3. The lowest BCUT2D eigenvalue weighted by atomic mass is 9.52. The molecule has 4 aliphatic carbocycles. The number of aromatic amines is 1. The number of hydrogen-bond acceptors (Lipinski definition) is 10. The third-order valence-electron chi connectivity index (χ3n) is 7.98. The number of alkyl halides is 3.